The quantitative estimate of drug-likeness (QED) is 0.795. The van der Waals surface area contributed by atoms with Gasteiger partial charge in [-0.1, -0.05) is 18.2 Å². The van der Waals surface area contributed by atoms with Crippen LogP contribution in [0.25, 0.3) is 6.08 Å². The van der Waals surface area contributed by atoms with E-state index in [2.05, 4.69) is 0 Å². The molecule has 0 aromatic heterocycles. The number of hydrogen-bond acceptors (Lipinski definition) is 4. The molecule has 0 unspecified atom stereocenters. The van der Waals surface area contributed by atoms with Crippen molar-refractivity contribution in [3.05, 3.63) is 70.9 Å². The van der Waals surface area contributed by atoms with Gasteiger partial charge in [-0.3, -0.25) is 9.10 Å². The Labute approximate surface area is 134 Å². The van der Waals surface area contributed by atoms with Gasteiger partial charge in [0.2, 0.25) is 5.78 Å². The van der Waals surface area contributed by atoms with Gasteiger partial charge < -0.3 is 0 Å². The lowest BCUT2D eigenvalue weighted by Gasteiger charge is -2.26. The Kier molecular flexibility index (Phi) is 3.51. The Balaban J connectivity index is 2.10. The molecule has 1 aliphatic heterocycles. The molecule has 2 aromatic carbocycles. The van der Waals surface area contributed by atoms with Crippen molar-refractivity contribution in [2.24, 2.45) is 0 Å². The van der Waals surface area contributed by atoms with E-state index in [0.717, 1.165) is 4.31 Å². The number of nitrogens with zero attached hydrogens (tertiary/aromatic N) is 2. The van der Waals surface area contributed by atoms with Crippen molar-refractivity contribution in [1.29, 1.82) is 5.26 Å². The molecule has 0 saturated carbocycles. The summed E-state index contributed by atoms with van der Waals surface area (Å²) < 4.78 is 26.1. The second-order valence-electron chi connectivity index (χ2n) is 5.06. The van der Waals surface area contributed by atoms with Crippen LogP contribution in [-0.2, 0) is 10.0 Å². The summed E-state index contributed by atoms with van der Waals surface area (Å²) in [5.74, 6) is -0.407. The maximum absolute atomic E-state index is 12.7. The first-order valence-corrected chi connectivity index (χ1v) is 8.23. The Morgan fingerprint density at radius 2 is 1.74 bits per heavy atom. The Bertz CT molecular complexity index is 968. The molecule has 0 spiro atoms. The zero-order valence-electron chi connectivity index (χ0n) is 12.2. The second kappa shape index (κ2) is 5.38. The second-order valence-corrected chi connectivity index (χ2v) is 7.00. The number of fused-ring (bicyclic) bond motifs is 1. The fourth-order valence-corrected chi connectivity index (χ4v) is 3.77. The molecule has 6 heteroatoms. The van der Waals surface area contributed by atoms with Gasteiger partial charge in [0.05, 0.1) is 16.5 Å². The highest BCUT2D eigenvalue weighted by molar-refractivity contribution is 7.89. The minimum Gasteiger partial charge on any atom is -0.287 e. The van der Waals surface area contributed by atoms with Gasteiger partial charge in [0, 0.05) is 12.6 Å². The standard InChI is InChI=1S/C17H12N2O3S/c1-19-15(17(20)13-8-6-12(11-18)7-9-13)10-14-4-2-3-5-16(14)23(19,21)22/h2-10H,1H3. The molecule has 0 N–H and O–H groups in total. The maximum atomic E-state index is 12.7. The lowest BCUT2D eigenvalue weighted by Crippen LogP contribution is -2.33. The third-order valence-corrected chi connectivity index (χ3v) is 5.54. The fourth-order valence-electron chi connectivity index (χ4n) is 2.40. The van der Waals surface area contributed by atoms with Gasteiger partial charge >= 0.3 is 0 Å². The smallest absolute Gasteiger partial charge is 0.264 e. The topological polar surface area (TPSA) is 78.2 Å². The van der Waals surface area contributed by atoms with Crippen molar-refractivity contribution in [3.63, 3.8) is 0 Å². The van der Waals surface area contributed by atoms with Gasteiger partial charge in [-0.2, -0.15) is 5.26 Å². The number of likely N-dealkylation sites (N-methyl/N-ethyl adjacent to an activating group) is 1. The largest absolute Gasteiger partial charge is 0.287 e. The summed E-state index contributed by atoms with van der Waals surface area (Å²) in [6, 6.07) is 14.6. The van der Waals surface area contributed by atoms with Crippen LogP contribution >= 0.6 is 0 Å². The number of sulfonamides is 1. The van der Waals surface area contributed by atoms with Crippen molar-refractivity contribution in [1.82, 2.24) is 4.31 Å². The monoisotopic (exact) mass is 324 g/mol. The van der Waals surface area contributed by atoms with Crippen LogP contribution in [0.1, 0.15) is 21.5 Å². The summed E-state index contributed by atoms with van der Waals surface area (Å²) in [6.07, 6.45) is 1.57. The summed E-state index contributed by atoms with van der Waals surface area (Å²) >= 11 is 0. The first-order valence-electron chi connectivity index (χ1n) is 6.79. The molecule has 23 heavy (non-hydrogen) atoms. The highest BCUT2D eigenvalue weighted by atomic mass is 32.2. The molecule has 0 aliphatic carbocycles. The molecule has 0 fully saturated rings. The first kappa shape index (κ1) is 15.0. The van der Waals surface area contributed by atoms with Crippen LogP contribution in [0.15, 0.2) is 59.1 Å². The fraction of sp³-hybridized carbons (Fsp3) is 0.0588. The Morgan fingerprint density at radius 1 is 1.09 bits per heavy atom. The maximum Gasteiger partial charge on any atom is 0.264 e. The van der Waals surface area contributed by atoms with Gasteiger partial charge in [-0.25, -0.2) is 8.42 Å². The number of nitriles is 1. The Morgan fingerprint density at radius 3 is 2.39 bits per heavy atom. The van der Waals surface area contributed by atoms with Crippen molar-refractivity contribution >= 4 is 21.9 Å². The van der Waals surface area contributed by atoms with Crippen LogP contribution in [0.3, 0.4) is 0 Å². The molecule has 0 atom stereocenters. The number of Topliss-reactive ketones (excluding diaryl/α,β-unsaturated/α-hetero) is 1. The third-order valence-electron chi connectivity index (χ3n) is 3.70. The highest BCUT2D eigenvalue weighted by Gasteiger charge is 2.32. The first-order chi connectivity index (χ1) is 10.9. The molecular weight excluding hydrogens is 312 g/mol. The van der Waals surface area contributed by atoms with Crippen LogP contribution in [0.5, 0.6) is 0 Å². The minimum absolute atomic E-state index is 0.0772. The van der Waals surface area contributed by atoms with Crippen molar-refractivity contribution in [3.8, 4) is 6.07 Å². The van der Waals surface area contributed by atoms with E-state index in [9.17, 15) is 13.2 Å². The van der Waals surface area contributed by atoms with Crippen LogP contribution in [0.4, 0.5) is 0 Å². The number of allylic oxidation sites excluding steroid dienone is 1. The summed E-state index contributed by atoms with van der Waals surface area (Å²) in [5, 5.41) is 8.80. The zero-order chi connectivity index (χ0) is 16.6. The van der Waals surface area contributed by atoms with E-state index in [-0.39, 0.29) is 10.6 Å². The number of benzene rings is 2. The Hall–Kier alpha value is -2.91. The molecule has 0 amide bonds. The van der Waals surface area contributed by atoms with E-state index in [0.29, 0.717) is 16.7 Å². The highest BCUT2D eigenvalue weighted by Crippen LogP contribution is 2.31. The van der Waals surface area contributed by atoms with E-state index in [4.69, 9.17) is 5.26 Å². The lowest BCUT2D eigenvalue weighted by atomic mass is 10.0. The number of rotatable bonds is 2. The lowest BCUT2D eigenvalue weighted by molar-refractivity contribution is 0.101. The predicted octanol–water partition coefficient (Wildman–Crippen LogP) is 2.42. The van der Waals surface area contributed by atoms with E-state index in [1.807, 2.05) is 6.07 Å². The molecule has 1 aliphatic rings. The molecule has 1 heterocycles. The normalized spacial score (nSPS) is 15.3. The van der Waals surface area contributed by atoms with Gasteiger partial charge in [0.1, 0.15) is 5.70 Å². The summed E-state index contributed by atoms with van der Waals surface area (Å²) in [6.45, 7) is 0. The molecular formula is C17H12N2O3S. The number of carbonyl (C=O) groups excluding carboxylic acids is 1. The van der Waals surface area contributed by atoms with Crippen molar-refractivity contribution < 1.29 is 13.2 Å². The molecule has 5 nitrogen and oxygen atoms in total. The third kappa shape index (κ3) is 2.41. The minimum atomic E-state index is -3.74. The molecule has 3 rings (SSSR count). The van der Waals surface area contributed by atoms with Crippen molar-refractivity contribution in [2.75, 3.05) is 7.05 Å². The van der Waals surface area contributed by atoms with Crippen LogP contribution < -0.4 is 0 Å². The van der Waals surface area contributed by atoms with Gasteiger partial charge in [0.15, 0.2) is 0 Å². The van der Waals surface area contributed by atoms with Crippen molar-refractivity contribution in [2.45, 2.75) is 4.90 Å². The van der Waals surface area contributed by atoms with E-state index >= 15 is 0 Å². The van der Waals surface area contributed by atoms with E-state index < -0.39 is 15.8 Å². The molecule has 0 radical (unpaired) electrons. The average Bonchev–Trinajstić information content (AvgIpc) is 2.58. The van der Waals surface area contributed by atoms with E-state index in [1.165, 1.54) is 37.4 Å². The predicted molar refractivity (Wildman–Crippen MR) is 84.9 cm³/mol. The number of carbonyl (C=O) groups is 1. The molecule has 0 bridgehead atoms. The molecule has 114 valence electrons. The van der Waals surface area contributed by atoms with Gasteiger partial charge in [-0.15, -0.1) is 0 Å². The summed E-state index contributed by atoms with van der Waals surface area (Å²) in [4.78, 5) is 12.8. The van der Waals surface area contributed by atoms with Gasteiger partial charge in [0.25, 0.3) is 10.0 Å². The van der Waals surface area contributed by atoms with Crippen LogP contribution in [0, 0.1) is 11.3 Å². The summed E-state index contributed by atoms with van der Waals surface area (Å²) in [5.41, 5.74) is 1.33. The van der Waals surface area contributed by atoms with Crippen LogP contribution in [-0.4, -0.2) is 25.6 Å². The SMILES string of the molecule is CN1C(C(=O)c2ccc(C#N)cc2)=Cc2ccccc2S1(=O)=O. The van der Waals surface area contributed by atoms with E-state index in [1.54, 1.807) is 24.3 Å². The number of ketones is 1. The van der Waals surface area contributed by atoms with Crippen LogP contribution in [0.2, 0.25) is 0 Å². The zero-order valence-corrected chi connectivity index (χ0v) is 13.0. The molecule has 2 aromatic rings. The average molecular weight is 324 g/mol. The molecule has 0 saturated heterocycles. The van der Waals surface area contributed by atoms with Gasteiger partial charge in [-0.05, 0) is 42.0 Å². The summed E-state index contributed by atoms with van der Waals surface area (Å²) in [7, 11) is -2.38. The number of hydrogen-bond donors (Lipinski definition) is 0.